The minimum Gasteiger partial charge on any atom is -0.349 e. The Bertz CT molecular complexity index is 630. The Labute approximate surface area is 117 Å². The summed E-state index contributed by atoms with van der Waals surface area (Å²) in [5, 5.41) is 3.58. The van der Waals surface area contributed by atoms with Gasteiger partial charge in [0.15, 0.2) is 0 Å². The summed E-state index contributed by atoms with van der Waals surface area (Å²) in [6.07, 6.45) is 2.57. The van der Waals surface area contributed by atoms with Crippen LogP contribution in [0.5, 0.6) is 0 Å². The van der Waals surface area contributed by atoms with Crippen LogP contribution in [0.2, 0.25) is 0 Å². The first-order valence-electron chi connectivity index (χ1n) is 6.01. The van der Waals surface area contributed by atoms with Crippen LogP contribution in [0.3, 0.4) is 0 Å². The molecule has 0 aliphatic rings. The summed E-state index contributed by atoms with van der Waals surface area (Å²) in [6.45, 7) is 3.13. The fourth-order valence-electron chi connectivity index (χ4n) is 1.83. The lowest BCUT2D eigenvalue weighted by Gasteiger charge is -2.04. The Balaban J connectivity index is 2.30. The lowest BCUT2D eigenvalue weighted by molar-refractivity contribution is 0.600. The van der Waals surface area contributed by atoms with E-state index < -0.39 is 10.0 Å². The predicted molar refractivity (Wildman–Crippen MR) is 77.7 cm³/mol. The minimum absolute atomic E-state index is 0.257. The number of sulfonamides is 1. The Morgan fingerprint density at radius 3 is 2.84 bits per heavy atom. The van der Waals surface area contributed by atoms with Gasteiger partial charge in [-0.15, -0.1) is 0 Å². The number of thiophene rings is 1. The number of nitrogens with two attached hydrogens (primary N) is 1. The van der Waals surface area contributed by atoms with Gasteiger partial charge in [0.2, 0.25) is 0 Å². The smallest absolute Gasteiger partial charge is 0.263 e. The van der Waals surface area contributed by atoms with Crippen molar-refractivity contribution in [3.05, 3.63) is 34.8 Å². The molecule has 0 amide bonds. The van der Waals surface area contributed by atoms with E-state index in [1.54, 1.807) is 23.7 Å². The van der Waals surface area contributed by atoms with Gasteiger partial charge in [-0.25, -0.2) is 8.42 Å². The monoisotopic (exact) mass is 299 g/mol. The van der Waals surface area contributed by atoms with Crippen LogP contribution in [-0.4, -0.2) is 13.0 Å². The molecule has 0 aliphatic carbocycles. The number of rotatable bonds is 6. The van der Waals surface area contributed by atoms with Gasteiger partial charge in [-0.1, -0.05) is 6.92 Å². The summed E-state index contributed by atoms with van der Waals surface area (Å²) in [6, 6.07) is 3.36. The summed E-state index contributed by atoms with van der Waals surface area (Å²) in [5.41, 5.74) is 7.05. The molecule has 104 valence electrons. The average molecular weight is 299 g/mol. The average Bonchev–Trinajstić information content (AvgIpc) is 2.98. The van der Waals surface area contributed by atoms with Crippen LogP contribution >= 0.6 is 11.3 Å². The summed E-state index contributed by atoms with van der Waals surface area (Å²) in [4.78, 5) is 0.257. The van der Waals surface area contributed by atoms with Gasteiger partial charge in [-0.3, -0.25) is 4.72 Å². The zero-order valence-electron chi connectivity index (χ0n) is 10.7. The van der Waals surface area contributed by atoms with Crippen molar-refractivity contribution in [2.24, 2.45) is 5.73 Å². The highest BCUT2D eigenvalue weighted by Gasteiger charge is 2.18. The number of hydrogen-bond acceptors (Lipinski definition) is 4. The van der Waals surface area contributed by atoms with Crippen LogP contribution in [0.15, 0.2) is 34.0 Å². The maximum atomic E-state index is 12.2. The Morgan fingerprint density at radius 2 is 2.26 bits per heavy atom. The molecule has 5 nitrogen and oxygen atoms in total. The zero-order chi connectivity index (χ0) is 13.9. The molecule has 0 unspecified atom stereocenters. The third-order valence-electron chi connectivity index (χ3n) is 2.72. The molecule has 0 aliphatic heterocycles. The molecule has 2 heterocycles. The van der Waals surface area contributed by atoms with Crippen molar-refractivity contribution >= 4 is 27.0 Å². The number of nitrogens with one attached hydrogen (secondary N) is 1. The standard InChI is InChI=1S/C12H17N3O2S2/c1-2-4-15-8-12(6-11(15)7-13)19(16,17)14-10-3-5-18-9-10/h3,5-6,8-9,14H,2,4,7,13H2,1H3. The van der Waals surface area contributed by atoms with Gasteiger partial charge in [-0.05, 0) is 23.9 Å². The predicted octanol–water partition coefficient (Wildman–Crippen LogP) is 2.22. The third kappa shape index (κ3) is 3.17. The number of hydrogen-bond donors (Lipinski definition) is 2. The van der Waals surface area contributed by atoms with E-state index in [4.69, 9.17) is 5.73 Å². The van der Waals surface area contributed by atoms with Gasteiger partial charge in [0.25, 0.3) is 10.0 Å². The van der Waals surface area contributed by atoms with Crippen LogP contribution in [0.4, 0.5) is 5.69 Å². The Kier molecular flexibility index (Phi) is 4.28. The normalized spacial score (nSPS) is 11.7. The van der Waals surface area contributed by atoms with E-state index in [1.165, 1.54) is 11.3 Å². The molecule has 0 radical (unpaired) electrons. The van der Waals surface area contributed by atoms with E-state index >= 15 is 0 Å². The summed E-state index contributed by atoms with van der Waals surface area (Å²) in [5.74, 6) is 0. The fourth-order valence-corrected chi connectivity index (χ4v) is 3.60. The number of anilines is 1. The maximum Gasteiger partial charge on any atom is 0.263 e. The van der Waals surface area contributed by atoms with Gasteiger partial charge in [0, 0.05) is 30.4 Å². The van der Waals surface area contributed by atoms with Gasteiger partial charge in [0.05, 0.1) is 5.69 Å². The molecule has 0 atom stereocenters. The lowest BCUT2D eigenvalue weighted by atomic mass is 10.4. The van der Waals surface area contributed by atoms with Crippen LogP contribution in [0.25, 0.3) is 0 Å². The molecule has 0 spiro atoms. The van der Waals surface area contributed by atoms with E-state index in [1.807, 2.05) is 16.9 Å². The number of nitrogens with zero attached hydrogens (tertiary/aromatic N) is 1. The fraction of sp³-hybridized carbons (Fsp3) is 0.333. The molecule has 0 fully saturated rings. The minimum atomic E-state index is -3.53. The highest BCUT2D eigenvalue weighted by molar-refractivity contribution is 7.92. The largest absolute Gasteiger partial charge is 0.349 e. The van der Waals surface area contributed by atoms with Crippen LogP contribution in [0.1, 0.15) is 19.0 Å². The van der Waals surface area contributed by atoms with Crippen molar-refractivity contribution in [1.29, 1.82) is 0 Å². The molecule has 2 aromatic heterocycles. The molecule has 19 heavy (non-hydrogen) atoms. The lowest BCUT2D eigenvalue weighted by Crippen LogP contribution is -2.11. The summed E-state index contributed by atoms with van der Waals surface area (Å²) >= 11 is 1.44. The van der Waals surface area contributed by atoms with E-state index in [0.717, 1.165) is 18.7 Å². The molecule has 0 bridgehead atoms. The second kappa shape index (κ2) is 5.77. The molecule has 3 N–H and O–H groups in total. The van der Waals surface area contributed by atoms with Crippen LogP contribution in [0, 0.1) is 0 Å². The molecule has 0 saturated carbocycles. The molecule has 2 rings (SSSR count). The molecule has 0 saturated heterocycles. The van der Waals surface area contributed by atoms with Gasteiger partial charge < -0.3 is 10.3 Å². The van der Waals surface area contributed by atoms with Crippen molar-refractivity contribution in [3.8, 4) is 0 Å². The van der Waals surface area contributed by atoms with Crippen molar-refractivity contribution in [2.45, 2.75) is 31.3 Å². The highest BCUT2D eigenvalue weighted by atomic mass is 32.2. The second-order valence-corrected chi connectivity index (χ2v) is 6.64. The SMILES string of the molecule is CCCn1cc(S(=O)(=O)Nc2ccsc2)cc1CN. The van der Waals surface area contributed by atoms with Gasteiger partial charge in [0.1, 0.15) is 4.90 Å². The Hall–Kier alpha value is -1.31. The van der Waals surface area contributed by atoms with Crippen LogP contribution in [-0.2, 0) is 23.1 Å². The van der Waals surface area contributed by atoms with Crippen molar-refractivity contribution in [3.63, 3.8) is 0 Å². The molecule has 2 aromatic rings. The number of aromatic nitrogens is 1. The van der Waals surface area contributed by atoms with Gasteiger partial charge in [-0.2, -0.15) is 11.3 Å². The van der Waals surface area contributed by atoms with E-state index in [-0.39, 0.29) is 4.90 Å². The maximum absolute atomic E-state index is 12.2. The molecule has 0 aromatic carbocycles. The highest BCUT2D eigenvalue weighted by Crippen LogP contribution is 2.20. The van der Waals surface area contributed by atoms with Crippen molar-refractivity contribution in [2.75, 3.05) is 4.72 Å². The molecular formula is C12H17N3O2S2. The van der Waals surface area contributed by atoms with Crippen LogP contribution < -0.4 is 10.5 Å². The second-order valence-electron chi connectivity index (χ2n) is 4.18. The van der Waals surface area contributed by atoms with Gasteiger partial charge >= 0.3 is 0 Å². The van der Waals surface area contributed by atoms with E-state index in [0.29, 0.717) is 12.2 Å². The Morgan fingerprint density at radius 1 is 1.47 bits per heavy atom. The topological polar surface area (TPSA) is 77.1 Å². The van der Waals surface area contributed by atoms with Crippen molar-refractivity contribution < 1.29 is 8.42 Å². The summed E-state index contributed by atoms with van der Waals surface area (Å²) in [7, 11) is -3.53. The number of aryl methyl sites for hydroxylation is 1. The first-order chi connectivity index (χ1) is 9.06. The zero-order valence-corrected chi connectivity index (χ0v) is 12.3. The first-order valence-corrected chi connectivity index (χ1v) is 8.43. The molecule has 7 heteroatoms. The quantitative estimate of drug-likeness (QED) is 0.858. The first kappa shape index (κ1) is 14.1. The van der Waals surface area contributed by atoms with Crippen molar-refractivity contribution in [1.82, 2.24) is 4.57 Å². The molecular weight excluding hydrogens is 282 g/mol. The summed E-state index contributed by atoms with van der Waals surface area (Å²) < 4.78 is 28.9. The third-order valence-corrected chi connectivity index (χ3v) is 4.75. The van der Waals surface area contributed by atoms with E-state index in [9.17, 15) is 8.42 Å². The van der Waals surface area contributed by atoms with E-state index in [2.05, 4.69) is 4.72 Å².